The molecule has 78 valence electrons. The Morgan fingerprint density at radius 2 is 1.85 bits per heavy atom. The first kappa shape index (κ1) is 12.4. The number of carboxylic acid groups (broad SMARTS) is 1. The Hall–Kier alpha value is -0.560. The maximum absolute atomic E-state index is 12.4. The van der Waals surface area contributed by atoms with Crippen molar-refractivity contribution in [1.29, 1.82) is 0 Å². The molecule has 1 atom stereocenters. The third-order valence-corrected chi connectivity index (χ3v) is 2.19. The molecule has 0 aromatic rings. The second-order valence-electron chi connectivity index (χ2n) is 2.27. The van der Waals surface area contributed by atoms with Crippen LogP contribution in [0.1, 0.15) is 6.42 Å². The van der Waals surface area contributed by atoms with Gasteiger partial charge in [0.1, 0.15) is 0 Å². The number of rotatable bonds is 4. The first-order valence-corrected chi connectivity index (χ1v) is 4.53. The third kappa shape index (κ3) is 3.35. The lowest BCUT2D eigenvalue weighted by atomic mass is 10.3. The summed E-state index contributed by atoms with van der Waals surface area (Å²) in [5.74, 6) is -1.96. The second-order valence-corrected chi connectivity index (χ2v) is 4.01. The van der Waals surface area contributed by atoms with Gasteiger partial charge >= 0.3 is 19.2 Å². The number of aliphatic hydroxyl groups is 1. The molecule has 0 saturated carbocycles. The SMILES string of the molecule is O=C(O)C(O)CC(F)(F)P(=O)(O)O. The Balaban J connectivity index is 4.52. The molecule has 0 rings (SSSR count). The van der Waals surface area contributed by atoms with Crippen LogP contribution in [0.25, 0.3) is 0 Å². The molecule has 0 radical (unpaired) electrons. The van der Waals surface area contributed by atoms with Gasteiger partial charge in [-0.15, -0.1) is 0 Å². The zero-order valence-electron chi connectivity index (χ0n) is 6.09. The standard InChI is InChI=1S/C4H7F2O6P/c5-4(6,13(10,11)12)1-2(7)3(8)9/h2,7H,1H2,(H,8,9)(H2,10,11,12). The molecule has 6 nitrogen and oxygen atoms in total. The molecule has 0 aromatic heterocycles. The van der Waals surface area contributed by atoms with Crippen LogP contribution in [0, 0.1) is 0 Å². The van der Waals surface area contributed by atoms with E-state index in [0.29, 0.717) is 0 Å². The molecule has 0 amide bonds. The van der Waals surface area contributed by atoms with Crippen LogP contribution >= 0.6 is 7.60 Å². The summed E-state index contributed by atoms with van der Waals surface area (Å²) in [6.45, 7) is 0. The smallest absolute Gasteiger partial charge is 0.394 e. The van der Waals surface area contributed by atoms with Gasteiger partial charge in [0.25, 0.3) is 0 Å². The molecular formula is C4H7F2O6P. The number of alkyl halides is 2. The molecule has 1 unspecified atom stereocenters. The summed E-state index contributed by atoms with van der Waals surface area (Å²) in [5, 5.41) is 16.4. The molecule has 0 spiro atoms. The lowest BCUT2D eigenvalue weighted by Gasteiger charge is -2.18. The van der Waals surface area contributed by atoms with Crippen LogP contribution < -0.4 is 0 Å². The lowest BCUT2D eigenvalue weighted by molar-refractivity contribution is -0.149. The van der Waals surface area contributed by atoms with Gasteiger partial charge in [-0.3, -0.25) is 4.57 Å². The van der Waals surface area contributed by atoms with Gasteiger partial charge in [-0.05, 0) is 0 Å². The van der Waals surface area contributed by atoms with Gasteiger partial charge in [-0.1, -0.05) is 0 Å². The molecule has 0 aliphatic rings. The van der Waals surface area contributed by atoms with Crippen molar-refractivity contribution >= 4 is 13.6 Å². The van der Waals surface area contributed by atoms with Crippen molar-refractivity contribution in [2.45, 2.75) is 18.2 Å². The van der Waals surface area contributed by atoms with Gasteiger partial charge in [-0.25, -0.2) is 4.79 Å². The molecule has 0 heterocycles. The van der Waals surface area contributed by atoms with Gasteiger partial charge in [0.05, 0.1) is 6.42 Å². The number of aliphatic carboxylic acids is 1. The highest BCUT2D eigenvalue weighted by atomic mass is 31.2. The molecule has 4 N–H and O–H groups in total. The van der Waals surface area contributed by atoms with Gasteiger partial charge < -0.3 is 20.0 Å². The topological polar surface area (TPSA) is 115 Å². The summed E-state index contributed by atoms with van der Waals surface area (Å²) >= 11 is 0. The number of hydrogen-bond donors (Lipinski definition) is 4. The normalized spacial score (nSPS) is 15.5. The van der Waals surface area contributed by atoms with E-state index in [1.165, 1.54) is 0 Å². The first-order chi connectivity index (χ1) is 5.58. The van der Waals surface area contributed by atoms with Crippen molar-refractivity contribution in [2.24, 2.45) is 0 Å². The summed E-state index contributed by atoms with van der Waals surface area (Å²) in [5.41, 5.74) is -4.52. The van der Waals surface area contributed by atoms with Gasteiger partial charge in [0, 0.05) is 0 Å². The van der Waals surface area contributed by atoms with E-state index in [0.717, 1.165) is 0 Å². The van der Waals surface area contributed by atoms with Gasteiger partial charge in [0.15, 0.2) is 6.10 Å². The summed E-state index contributed by atoms with van der Waals surface area (Å²) in [4.78, 5) is 25.9. The summed E-state index contributed by atoms with van der Waals surface area (Å²) in [6, 6.07) is 0. The quantitative estimate of drug-likeness (QED) is 0.479. The van der Waals surface area contributed by atoms with Crippen LogP contribution in [0.5, 0.6) is 0 Å². The Morgan fingerprint density at radius 3 is 2.08 bits per heavy atom. The highest BCUT2D eigenvalue weighted by Crippen LogP contribution is 2.55. The van der Waals surface area contributed by atoms with Crippen LogP contribution in [-0.4, -0.2) is 37.7 Å². The minimum Gasteiger partial charge on any atom is -0.479 e. The summed E-state index contributed by atoms with van der Waals surface area (Å²) in [6.07, 6.45) is -4.31. The summed E-state index contributed by atoms with van der Waals surface area (Å²) < 4.78 is 34.8. The van der Waals surface area contributed by atoms with E-state index in [-0.39, 0.29) is 0 Å². The van der Waals surface area contributed by atoms with Crippen LogP contribution in [0.4, 0.5) is 8.78 Å². The van der Waals surface area contributed by atoms with E-state index in [2.05, 4.69) is 0 Å². The molecule has 0 aliphatic carbocycles. The van der Waals surface area contributed by atoms with Crippen molar-refractivity contribution in [3.05, 3.63) is 0 Å². The van der Waals surface area contributed by atoms with Gasteiger partial charge in [0.2, 0.25) is 0 Å². The fraction of sp³-hybridized carbons (Fsp3) is 0.750. The van der Waals surface area contributed by atoms with Crippen LogP contribution in [0.2, 0.25) is 0 Å². The fourth-order valence-corrected chi connectivity index (χ4v) is 0.850. The van der Waals surface area contributed by atoms with Crippen molar-refractivity contribution in [1.82, 2.24) is 0 Å². The molecule has 0 saturated heterocycles. The van der Waals surface area contributed by atoms with E-state index in [1.54, 1.807) is 0 Å². The third-order valence-electron chi connectivity index (χ3n) is 1.15. The number of aliphatic hydroxyl groups excluding tert-OH is 1. The highest BCUT2D eigenvalue weighted by Gasteiger charge is 2.50. The van der Waals surface area contributed by atoms with E-state index in [9.17, 15) is 18.1 Å². The van der Waals surface area contributed by atoms with Gasteiger partial charge in [-0.2, -0.15) is 8.78 Å². The molecule has 9 heteroatoms. The van der Waals surface area contributed by atoms with E-state index in [1.807, 2.05) is 0 Å². The fourth-order valence-electron chi connectivity index (χ4n) is 0.439. The van der Waals surface area contributed by atoms with E-state index in [4.69, 9.17) is 20.0 Å². The monoisotopic (exact) mass is 220 g/mol. The lowest BCUT2D eigenvalue weighted by Crippen LogP contribution is -2.29. The average Bonchev–Trinajstić information content (AvgIpc) is 1.83. The first-order valence-electron chi connectivity index (χ1n) is 2.92. The van der Waals surface area contributed by atoms with Crippen LogP contribution in [-0.2, 0) is 9.36 Å². The number of hydrogen-bond acceptors (Lipinski definition) is 3. The minimum absolute atomic E-state index is 1.81. The predicted octanol–water partition coefficient (Wildman–Crippen LogP) is -0.408. The molecule has 13 heavy (non-hydrogen) atoms. The number of carbonyl (C=O) groups is 1. The maximum Gasteiger partial charge on any atom is 0.394 e. The minimum atomic E-state index is -5.72. The Morgan fingerprint density at radius 1 is 1.46 bits per heavy atom. The van der Waals surface area contributed by atoms with Crippen molar-refractivity contribution in [2.75, 3.05) is 0 Å². The largest absolute Gasteiger partial charge is 0.479 e. The molecule has 0 aromatic carbocycles. The van der Waals surface area contributed by atoms with Crippen molar-refractivity contribution < 1.29 is 38.1 Å². The van der Waals surface area contributed by atoms with Crippen LogP contribution in [0.3, 0.4) is 0 Å². The second kappa shape index (κ2) is 3.67. The molecule has 0 bridgehead atoms. The van der Waals surface area contributed by atoms with Crippen molar-refractivity contribution in [3.8, 4) is 0 Å². The summed E-state index contributed by atoms with van der Waals surface area (Å²) in [7, 11) is -5.72. The Labute approximate surface area is 71.0 Å². The number of halogens is 2. The number of carboxylic acids is 1. The Bertz CT molecular complexity index is 247. The van der Waals surface area contributed by atoms with Crippen LogP contribution in [0.15, 0.2) is 0 Å². The van der Waals surface area contributed by atoms with Crippen molar-refractivity contribution in [3.63, 3.8) is 0 Å². The zero-order chi connectivity index (χ0) is 10.9. The average molecular weight is 220 g/mol. The highest BCUT2D eigenvalue weighted by molar-refractivity contribution is 7.53. The molecular weight excluding hydrogens is 213 g/mol. The Kier molecular flexibility index (Phi) is 3.51. The maximum atomic E-state index is 12.4. The zero-order valence-corrected chi connectivity index (χ0v) is 6.99. The predicted molar refractivity (Wildman–Crippen MR) is 35.3 cm³/mol. The molecule has 0 fully saturated rings. The van der Waals surface area contributed by atoms with E-state index < -0.39 is 31.8 Å². The molecule has 0 aliphatic heterocycles. The van der Waals surface area contributed by atoms with E-state index >= 15 is 0 Å².